The molecule has 3 nitrogen and oxygen atoms in total. The molecule has 3 aromatic heterocycles. The molecule has 0 N–H and O–H groups in total. The molecule has 1 aliphatic carbocycles. The zero-order valence-corrected chi connectivity index (χ0v) is 34.8. The number of aromatic nitrogens is 2. The first-order valence-corrected chi connectivity index (χ1v) is 25.4. The fourth-order valence-electron chi connectivity index (χ4n) is 7.40. The minimum absolute atomic E-state index is 0. The van der Waals surface area contributed by atoms with Gasteiger partial charge in [-0.3, -0.25) is 0 Å². The summed E-state index contributed by atoms with van der Waals surface area (Å²) in [6, 6.07) is 42.3. The Hall–Kier alpha value is -3.83. The van der Waals surface area contributed by atoms with Crippen molar-refractivity contribution in [2.45, 2.75) is 69.1 Å². The molecule has 5 heteroatoms. The maximum absolute atomic E-state index is 6.40. The number of rotatable bonds is 7. The van der Waals surface area contributed by atoms with Crippen LogP contribution in [0.2, 0.25) is 17.3 Å². The maximum atomic E-state index is 6.40. The van der Waals surface area contributed by atoms with Gasteiger partial charge in [0.05, 0.1) is 5.58 Å². The van der Waals surface area contributed by atoms with Crippen molar-refractivity contribution < 1.29 is 24.5 Å². The number of pyridine rings is 2. The van der Waals surface area contributed by atoms with Crippen molar-refractivity contribution in [3.8, 4) is 33.6 Å². The van der Waals surface area contributed by atoms with E-state index in [9.17, 15) is 0 Å². The van der Waals surface area contributed by atoms with E-state index >= 15 is 0 Å². The summed E-state index contributed by atoms with van der Waals surface area (Å²) in [5.41, 5.74) is 11.0. The van der Waals surface area contributed by atoms with Gasteiger partial charge < -0.3 is 9.40 Å². The number of hydrogen-bond donors (Lipinski definition) is 0. The fraction of sp³-hybridized carbons (Fsp3) is 0.261. The Kier molecular flexibility index (Phi) is 11.8. The molecule has 4 aromatic carbocycles. The molecule has 1 saturated carbocycles. The molecule has 0 bridgehead atoms. The molecule has 1 radical (unpaired) electrons. The van der Waals surface area contributed by atoms with Gasteiger partial charge in [0.2, 0.25) is 0 Å². The molecule has 0 saturated heterocycles. The van der Waals surface area contributed by atoms with Gasteiger partial charge in [0.25, 0.3) is 0 Å². The summed E-state index contributed by atoms with van der Waals surface area (Å²) in [6.07, 6.45) is 10.6. The SMILES string of the molecule is CC(C)c1cc(-c2[c-]cccc2)nc[c]1[Ge]([CH3])([CH3])[CH3].[Ir].[c-]1ccc2c(oc3cccc(-c4ccccc4)c32)c1-c1cc(CC2CCCC2)ccn1. The fourth-order valence-corrected chi connectivity index (χ4v) is 10.9. The molecule has 0 spiro atoms. The van der Waals surface area contributed by atoms with Gasteiger partial charge in [0, 0.05) is 31.7 Å². The molecule has 51 heavy (non-hydrogen) atoms. The smallest absolute Gasteiger partial charge is 0.121 e. The van der Waals surface area contributed by atoms with Crippen molar-refractivity contribution in [2.24, 2.45) is 5.92 Å². The van der Waals surface area contributed by atoms with E-state index in [0.717, 1.165) is 56.8 Å². The predicted octanol–water partition coefficient (Wildman–Crippen LogP) is 12.1. The Morgan fingerprint density at radius 1 is 0.804 bits per heavy atom. The second-order valence-corrected chi connectivity index (χ2v) is 25.6. The predicted molar refractivity (Wildman–Crippen MR) is 212 cm³/mol. The standard InChI is InChI=1S/C29H24NO.C17H22GeN.Ir/c1-2-10-22(11-3-1)23-12-7-15-27-28(23)25-14-6-13-24(29(25)31-27)26-19-21(16-17-30-26)18-20-8-4-5-9-20;1-13(2)15-11-17(14-9-7-6-8-10-14)19-12-16(15)18(3,4)5;/h1-3,6-7,10-12,14-17,19-20H,4-5,8-9,18H2;6-9,11-13H,1-5H3;/q2*-1;. The van der Waals surface area contributed by atoms with Crippen molar-refractivity contribution in [1.29, 1.82) is 0 Å². The summed E-state index contributed by atoms with van der Waals surface area (Å²) in [7, 11) is 0. The van der Waals surface area contributed by atoms with E-state index in [1.807, 2.05) is 30.5 Å². The van der Waals surface area contributed by atoms with Gasteiger partial charge in [0.15, 0.2) is 0 Å². The molecule has 8 rings (SSSR count). The third-order valence-electron chi connectivity index (χ3n) is 9.97. The van der Waals surface area contributed by atoms with Crippen LogP contribution in [0.15, 0.2) is 120 Å². The molecule has 1 fully saturated rings. The number of benzene rings is 4. The number of nitrogens with zero attached hydrogens (tertiary/aromatic N) is 2. The van der Waals surface area contributed by atoms with Crippen LogP contribution in [0.5, 0.6) is 0 Å². The molecule has 3 heterocycles. The molecule has 261 valence electrons. The van der Waals surface area contributed by atoms with Crippen molar-refractivity contribution in [3.63, 3.8) is 0 Å². The summed E-state index contributed by atoms with van der Waals surface area (Å²) < 4.78 is 7.93. The van der Waals surface area contributed by atoms with Crippen molar-refractivity contribution in [2.75, 3.05) is 0 Å². The first-order chi connectivity index (χ1) is 24.3. The molecule has 7 aromatic rings. The molecule has 1 aliphatic rings. The van der Waals surface area contributed by atoms with Crippen LogP contribution in [0.1, 0.15) is 56.6 Å². The van der Waals surface area contributed by atoms with Crippen LogP contribution in [-0.4, -0.2) is 23.2 Å². The van der Waals surface area contributed by atoms with Crippen LogP contribution in [-0.2, 0) is 26.5 Å². The summed E-state index contributed by atoms with van der Waals surface area (Å²) in [6.45, 7) is 4.54. The van der Waals surface area contributed by atoms with E-state index < -0.39 is 13.3 Å². The number of hydrogen-bond acceptors (Lipinski definition) is 3. The average molecular weight is 908 g/mol. The summed E-state index contributed by atoms with van der Waals surface area (Å²) in [5, 5.41) is 2.27. The van der Waals surface area contributed by atoms with Crippen LogP contribution < -0.4 is 4.40 Å². The summed E-state index contributed by atoms with van der Waals surface area (Å²) >= 11 is -1.85. The van der Waals surface area contributed by atoms with Gasteiger partial charge >= 0.3 is 119 Å². The van der Waals surface area contributed by atoms with E-state index in [4.69, 9.17) is 9.40 Å². The van der Waals surface area contributed by atoms with Crippen molar-refractivity contribution in [3.05, 3.63) is 139 Å². The Morgan fingerprint density at radius 3 is 2.31 bits per heavy atom. The van der Waals surface area contributed by atoms with E-state index in [1.165, 1.54) is 52.3 Å². The van der Waals surface area contributed by atoms with Crippen LogP contribution in [0.4, 0.5) is 0 Å². The second kappa shape index (κ2) is 16.2. The largest absolute Gasteiger partial charge is 0.501 e. The third-order valence-corrected chi connectivity index (χ3v) is 14.2. The zero-order valence-electron chi connectivity index (χ0n) is 30.3. The summed E-state index contributed by atoms with van der Waals surface area (Å²) in [4.78, 5) is 9.37. The van der Waals surface area contributed by atoms with Gasteiger partial charge in [-0.15, -0.1) is 18.2 Å². The number of furan rings is 1. The van der Waals surface area contributed by atoms with Crippen LogP contribution in [0.3, 0.4) is 0 Å². The van der Waals surface area contributed by atoms with Crippen molar-refractivity contribution in [1.82, 2.24) is 9.97 Å². The quantitative estimate of drug-likeness (QED) is 0.118. The average Bonchev–Trinajstić information content (AvgIpc) is 3.80. The van der Waals surface area contributed by atoms with Gasteiger partial charge in [-0.2, -0.15) is 0 Å². The van der Waals surface area contributed by atoms with Crippen LogP contribution >= 0.6 is 0 Å². The maximum Gasteiger partial charge on any atom is 0.121 e. The van der Waals surface area contributed by atoms with Crippen LogP contribution in [0.25, 0.3) is 55.6 Å². The molecule has 0 atom stereocenters. The Morgan fingerprint density at radius 2 is 1.59 bits per heavy atom. The van der Waals surface area contributed by atoms with Gasteiger partial charge in [-0.1, -0.05) is 90.7 Å². The summed E-state index contributed by atoms with van der Waals surface area (Å²) in [5.74, 6) is 8.64. The minimum Gasteiger partial charge on any atom is -0.501 e. The van der Waals surface area contributed by atoms with E-state index in [0.29, 0.717) is 5.92 Å². The number of fused-ring (bicyclic) bond motifs is 3. The normalized spacial score (nSPS) is 13.3. The molecule has 0 unspecified atom stereocenters. The molecule has 0 amide bonds. The van der Waals surface area contributed by atoms with E-state index in [2.05, 4.69) is 133 Å². The van der Waals surface area contributed by atoms with E-state index in [-0.39, 0.29) is 20.1 Å². The first kappa shape index (κ1) is 36.9. The Labute approximate surface area is 319 Å². The molecular formula is C46H46GeIrN2O-2. The second-order valence-electron chi connectivity index (χ2n) is 15.0. The minimum atomic E-state index is -1.85. The third kappa shape index (κ3) is 8.30. The van der Waals surface area contributed by atoms with Gasteiger partial charge in [-0.25, -0.2) is 0 Å². The molecular weight excluding hydrogens is 861 g/mol. The first-order valence-electron chi connectivity index (χ1n) is 18.1. The van der Waals surface area contributed by atoms with Crippen LogP contribution in [0, 0.1) is 18.1 Å². The molecule has 0 aliphatic heterocycles. The van der Waals surface area contributed by atoms with Crippen molar-refractivity contribution >= 4 is 39.6 Å². The topological polar surface area (TPSA) is 38.9 Å². The van der Waals surface area contributed by atoms with E-state index in [1.54, 1.807) is 0 Å². The Balaban J connectivity index is 0.000000194. The Bertz CT molecular complexity index is 2210. The zero-order chi connectivity index (χ0) is 34.7. The van der Waals surface area contributed by atoms with Gasteiger partial charge in [-0.05, 0) is 41.3 Å². The monoisotopic (exact) mass is 909 g/mol. The van der Waals surface area contributed by atoms with Gasteiger partial charge in [0.1, 0.15) is 5.58 Å².